The van der Waals surface area contributed by atoms with Gasteiger partial charge in [0.1, 0.15) is 0 Å². The second-order valence-electron chi connectivity index (χ2n) is 7.25. The van der Waals surface area contributed by atoms with E-state index in [1.54, 1.807) is 18.2 Å². The average molecular weight is 396 g/mol. The Balaban J connectivity index is 1.62. The molecule has 1 aromatic rings. The van der Waals surface area contributed by atoms with E-state index >= 15 is 0 Å². The number of hydrogen-bond acceptors (Lipinski definition) is 5. The first kappa shape index (κ1) is 20.1. The summed E-state index contributed by atoms with van der Waals surface area (Å²) in [5.41, 5.74) is 7.57. The third kappa shape index (κ3) is 4.62. The molecular weight excluding hydrogens is 366 g/mol. The number of sulfonamides is 1. The molecule has 0 bridgehead atoms. The van der Waals surface area contributed by atoms with Crippen LogP contribution < -0.4 is 10.0 Å². The van der Waals surface area contributed by atoms with E-state index in [1.807, 2.05) is 11.8 Å². The average Bonchev–Trinajstić information content (AvgIpc) is 3.01. The normalized spacial score (nSPS) is 20.2. The first-order chi connectivity index (χ1) is 12.9. The molecule has 150 valence electrons. The number of ether oxygens (including phenoxy) is 1. The Hall–Kier alpha value is -1.64. The summed E-state index contributed by atoms with van der Waals surface area (Å²) >= 11 is 0. The van der Waals surface area contributed by atoms with Crippen molar-refractivity contribution >= 4 is 21.6 Å². The molecule has 0 spiro atoms. The van der Waals surface area contributed by atoms with Crippen LogP contribution in [-0.2, 0) is 14.8 Å². The Morgan fingerprint density at radius 3 is 2.59 bits per heavy atom. The zero-order valence-corrected chi connectivity index (χ0v) is 16.7. The van der Waals surface area contributed by atoms with Gasteiger partial charge in [0.25, 0.3) is 5.91 Å². The van der Waals surface area contributed by atoms with Gasteiger partial charge in [0.2, 0.25) is 10.0 Å². The molecule has 2 saturated heterocycles. The molecule has 7 nitrogen and oxygen atoms in total. The lowest BCUT2D eigenvalue weighted by Gasteiger charge is -2.32. The number of benzene rings is 1. The molecule has 1 amide bonds. The second kappa shape index (κ2) is 8.58. The third-order valence-corrected chi connectivity index (χ3v) is 7.13. The number of carbonyl (C=O) groups is 1. The van der Waals surface area contributed by atoms with E-state index in [2.05, 4.69) is 0 Å². The van der Waals surface area contributed by atoms with Crippen molar-refractivity contribution in [3.8, 4) is 0 Å². The Labute approximate surface area is 161 Å². The molecule has 1 aromatic carbocycles. The summed E-state index contributed by atoms with van der Waals surface area (Å²) in [6, 6.07) is 5.30. The number of nitrogens with zero attached hydrogens (tertiary/aromatic N) is 2. The molecule has 0 aromatic heterocycles. The molecular formula is C19H29N3O4S. The maximum absolute atomic E-state index is 12.9. The highest BCUT2D eigenvalue weighted by Gasteiger charge is 2.29. The number of rotatable bonds is 6. The van der Waals surface area contributed by atoms with Gasteiger partial charge in [-0.25, -0.2) is 8.42 Å². The highest BCUT2D eigenvalue weighted by molar-refractivity contribution is 7.93. The molecule has 2 heterocycles. The van der Waals surface area contributed by atoms with Crippen LogP contribution in [0.5, 0.6) is 0 Å². The minimum atomic E-state index is -3.21. The SMILES string of the molecule is Cc1cc(N2CCCS2(=O)=O)ccc1C(=O)N1CCC(OCCCN)CC1. The summed E-state index contributed by atoms with van der Waals surface area (Å²) in [7, 11) is -3.21. The summed E-state index contributed by atoms with van der Waals surface area (Å²) < 4.78 is 31.4. The Morgan fingerprint density at radius 2 is 2.00 bits per heavy atom. The number of hydrogen-bond donors (Lipinski definition) is 1. The second-order valence-corrected chi connectivity index (χ2v) is 9.26. The van der Waals surface area contributed by atoms with Crippen LogP contribution in [0.3, 0.4) is 0 Å². The van der Waals surface area contributed by atoms with Gasteiger partial charge in [-0.15, -0.1) is 0 Å². The topological polar surface area (TPSA) is 92.9 Å². The zero-order valence-electron chi connectivity index (χ0n) is 15.9. The van der Waals surface area contributed by atoms with Gasteiger partial charge in [-0.1, -0.05) is 0 Å². The lowest BCUT2D eigenvalue weighted by atomic mass is 10.0. The van der Waals surface area contributed by atoms with Crippen molar-refractivity contribution in [1.82, 2.24) is 4.90 Å². The summed E-state index contributed by atoms with van der Waals surface area (Å²) in [6.45, 7) is 5.02. The number of likely N-dealkylation sites (tertiary alicyclic amines) is 1. The number of nitrogens with two attached hydrogens (primary N) is 1. The van der Waals surface area contributed by atoms with Crippen molar-refractivity contribution in [2.75, 3.05) is 42.8 Å². The van der Waals surface area contributed by atoms with Crippen LogP contribution in [0.4, 0.5) is 5.69 Å². The van der Waals surface area contributed by atoms with E-state index < -0.39 is 10.0 Å². The third-order valence-electron chi connectivity index (χ3n) is 5.26. The summed E-state index contributed by atoms with van der Waals surface area (Å²) in [5, 5.41) is 0. The minimum Gasteiger partial charge on any atom is -0.378 e. The number of aryl methyl sites for hydroxylation is 1. The van der Waals surface area contributed by atoms with Crippen LogP contribution in [0.15, 0.2) is 18.2 Å². The van der Waals surface area contributed by atoms with Crippen molar-refractivity contribution in [1.29, 1.82) is 0 Å². The van der Waals surface area contributed by atoms with Crippen molar-refractivity contribution in [2.45, 2.75) is 38.7 Å². The summed E-state index contributed by atoms with van der Waals surface area (Å²) in [6.07, 6.45) is 3.37. The quantitative estimate of drug-likeness (QED) is 0.737. The molecule has 0 radical (unpaired) electrons. The monoisotopic (exact) mass is 395 g/mol. The van der Waals surface area contributed by atoms with Crippen molar-refractivity contribution < 1.29 is 17.9 Å². The molecule has 0 unspecified atom stereocenters. The summed E-state index contributed by atoms with van der Waals surface area (Å²) in [5.74, 6) is 0.193. The molecule has 2 N–H and O–H groups in total. The summed E-state index contributed by atoms with van der Waals surface area (Å²) in [4.78, 5) is 14.7. The smallest absolute Gasteiger partial charge is 0.254 e. The fourth-order valence-corrected chi connectivity index (χ4v) is 5.26. The van der Waals surface area contributed by atoms with E-state index in [0.29, 0.717) is 50.5 Å². The lowest BCUT2D eigenvalue weighted by molar-refractivity contribution is 0.00843. The number of amides is 1. The molecule has 2 fully saturated rings. The van der Waals surface area contributed by atoms with Gasteiger partial charge in [-0.2, -0.15) is 0 Å². The molecule has 8 heteroatoms. The van der Waals surface area contributed by atoms with Crippen molar-refractivity contribution in [3.63, 3.8) is 0 Å². The van der Waals surface area contributed by atoms with Crippen LogP contribution in [0, 0.1) is 6.92 Å². The maximum atomic E-state index is 12.9. The van der Waals surface area contributed by atoms with Crippen molar-refractivity contribution in [3.05, 3.63) is 29.3 Å². The highest BCUT2D eigenvalue weighted by atomic mass is 32.2. The number of anilines is 1. The van der Waals surface area contributed by atoms with Crippen LogP contribution >= 0.6 is 0 Å². The largest absolute Gasteiger partial charge is 0.378 e. The fourth-order valence-electron chi connectivity index (χ4n) is 3.70. The minimum absolute atomic E-state index is 0.00346. The predicted octanol–water partition coefficient (Wildman–Crippen LogP) is 1.50. The molecule has 0 atom stereocenters. The van der Waals surface area contributed by atoms with Gasteiger partial charge in [-0.05, 0) is 62.9 Å². The van der Waals surface area contributed by atoms with Crippen molar-refractivity contribution in [2.24, 2.45) is 5.73 Å². The maximum Gasteiger partial charge on any atom is 0.254 e. The number of piperidine rings is 1. The molecule has 27 heavy (non-hydrogen) atoms. The molecule has 2 aliphatic heterocycles. The van der Waals surface area contributed by atoms with Crippen LogP contribution in [0.1, 0.15) is 41.6 Å². The highest BCUT2D eigenvalue weighted by Crippen LogP contribution is 2.27. The van der Waals surface area contributed by atoms with Gasteiger partial charge in [-0.3, -0.25) is 9.10 Å². The van der Waals surface area contributed by atoms with E-state index in [9.17, 15) is 13.2 Å². The predicted molar refractivity (Wildman–Crippen MR) is 105 cm³/mol. The standard InChI is InChI=1S/C19H29N3O4S/c1-15-14-16(22-9-3-13-27(22,24)25)4-5-18(15)19(23)21-10-6-17(7-11-21)26-12-2-8-20/h4-5,14,17H,2-3,6-13,20H2,1H3. The van der Waals surface area contributed by atoms with Gasteiger partial charge >= 0.3 is 0 Å². The molecule has 0 saturated carbocycles. The van der Waals surface area contributed by atoms with Gasteiger partial charge in [0.15, 0.2) is 0 Å². The first-order valence-electron chi connectivity index (χ1n) is 9.64. The van der Waals surface area contributed by atoms with E-state index in [0.717, 1.165) is 24.8 Å². The van der Waals surface area contributed by atoms with Crippen LogP contribution in [0.25, 0.3) is 0 Å². The van der Waals surface area contributed by atoms with Gasteiger partial charge in [0, 0.05) is 31.8 Å². The Morgan fingerprint density at radius 1 is 1.26 bits per heavy atom. The Kier molecular flexibility index (Phi) is 6.39. The fraction of sp³-hybridized carbons (Fsp3) is 0.632. The van der Waals surface area contributed by atoms with E-state index in [-0.39, 0.29) is 17.8 Å². The first-order valence-corrected chi connectivity index (χ1v) is 11.3. The molecule has 0 aliphatic carbocycles. The van der Waals surface area contributed by atoms with E-state index in [4.69, 9.17) is 10.5 Å². The van der Waals surface area contributed by atoms with Crippen LogP contribution in [-0.4, -0.2) is 63.9 Å². The molecule has 2 aliphatic rings. The van der Waals surface area contributed by atoms with E-state index in [1.165, 1.54) is 4.31 Å². The molecule has 3 rings (SSSR count). The zero-order chi connectivity index (χ0) is 19.4. The van der Waals surface area contributed by atoms with Gasteiger partial charge < -0.3 is 15.4 Å². The Bertz CT molecular complexity index is 773. The lowest BCUT2D eigenvalue weighted by Crippen LogP contribution is -2.41. The number of carbonyl (C=O) groups excluding carboxylic acids is 1. The van der Waals surface area contributed by atoms with Gasteiger partial charge in [0.05, 0.1) is 17.5 Å². The van der Waals surface area contributed by atoms with Crippen LogP contribution in [0.2, 0.25) is 0 Å².